The number of thioether (sulfide) groups is 1. The summed E-state index contributed by atoms with van der Waals surface area (Å²) in [5, 5.41) is 8.78. The van der Waals surface area contributed by atoms with E-state index in [1.165, 1.54) is 7.11 Å². The number of fused-ring (bicyclic) bond motifs is 1. The quantitative estimate of drug-likeness (QED) is 0.561. The summed E-state index contributed by atoms with van der Waals surface area (Å²) in [6, 6.07) is 15.3. The van der Waals surface area contributed by atoms with Gasteiger partial charge in [0.15, 0.2) is 0 Å². The number of carbonyl (C=O) groups is 3. The van der Waals surface area contributed by atoms with Crippen molar-refractivity contribution in [3.8, 4) is 0 Å². The number of nitrogens with two attached hydrogens (primary N) is 1. The van der Waals surface area contributed by atoms with Crippen molar-refractivity contribution in [2.24, 2.45) is 5.73 Å². The van der Waals surface area contributed by atoms with Crippen molar-refractivity contribution < 1.29 is 24.2 Å². The molecule has 0 saturated carbocycles. The standard InChI is InChI=1S/C16H23N3O3.C10H8O2S/c1-22-16(21)13-4-2-5-14(12-13)19-10-8-18(9-11-19)7-3-6-15(17)20;11-10(12)8-5-7-3-1-2-4-9(7)13-6-8/h2,4-5,12H,3,6-11H2,1H3,(H2,17,20);1-5H,6H2,(H,11,12). The Hall–Kier alpha value is -3.30. The molecule has 1 fully saturated rings. The van der Waals surface area contributed by atoms with Crippen LogP contribution in [0.5, 0.6) is 0 Å². The first-order chi connectivity index (χ1) is 16.9. The normalized spacial score (nSPS) is 15.2. The van der Waals surface area contributed by atoms with Crippen molar-refractivity contribution in [3.63, 3.8) is 0 Å². The van der Waals surface area contributed by atoms with Gasteiger partial charge in [0.1, 0.15) is 0 Å². The van der Waals surface area contributed by atoms with Crippen LogP contribution in [0.4, 0.5) is 5.69 Å². The first-order valence-electron chi connectivity index (χ1n) is 11.5. The third-order valence-electron chi connectivity index (χ3n) is 5.81. The Morgan fingerprint density at radius 1 is 1.06 bits per heavy atom. The van der Waals surface area contributed by atoms with Crippen molar-refractivity contribution in [2.45, 2.75) is 17.7 Å². The maximum atomic E-state index is 11.6. The third-order valence-corrected chi connectivity index (χ3v) is 6.95. The number of benzene rings is 2. The molecular weight excluding hydrogens is 466 g/mol. The number of methoxy groups -OCH3 is 1. The Kier molecular flexibility index (Phi) is 9.75. The Morgan fingerprint density at radius 3 is 2.49 bits per heavy atom. The lowest BCUT2D eigenvalue weighted by molar-refractivity contribution is -0.132. The molecule has 0 bridgehead atoms. The number of rotatable bonds is 7. The number of carboxylic acids is 1. The lowest BCUT2D eigenvalue weighted by Gasteiger charge is -2.36. The highest BCUT2D eigenvalue weighted by atomic mass is 32.2. The second-order valence-corrected chi connectivity index (χ2v) is 9.26. The van der Waals surface area contributed by atoms with Gasteiger partial charge in [0.2, 0.25) is 5.91 Å². The number of piperazine rings is 1. The van der Waals surface area contributed by atoms with Crippen LogP contribution >= 0.6 is 11.8 Å². The zero-order chi connectivity index (χ0) is 25.2. The molecule has 2 heterocycles. The molecule has 0 atom stereocenters. The van der Waals surface area contributed by atoms with Crippen LogP contribution in [-0.4, -0.2) is 73.4 Å². The Labute approximate surface area is 209 Å². The molecule has 2 aromatic carbocycles. The molecular formula is C26H31N3O5S. The summed E-state index contributed by atoms with van der Waals surface area (Å²) in [4.78, 5) is 38.8. The molecule has 35 heavy (non-hydrogen) atoms. The first kappa shape index (κ1) is 26.3. The molecule has 3 N–H and O–H groups in total. The number of amides is 1. The molecule has 0 aliphatic carbocycles. The summed E-state index contributed by atoms with van der Waals surface area (Å²) in [5.41, 5.74) is 8.25. The summed E-state index contributed by atoms with van der Waals surface area (Å²) in [7, 11) is 1.39. The van der Waals surface area contributed by atoms with Crippen molar-refractivity contribution in [3.05, 3.63) is 65.2 Å². The fraction of sp³-hybridized carbons (Fsp3) is 0.346. The summed E-state index contributed by atoms with van der Waals surface area (Å²) in [6.07, 6.45) is 3.00. The van der Waals surface area contributed by atoms with Crippen LogP contribution in [-0.2, 0) is 14.3 Å². The number of nitrogens with zero attached hydrogens (tertiary/aromatic N) is 2. The van der Waals surface area contributed by atoms with Gasteiger partial charge in [-0.1, -0.05) is 24.3 Å². The molecule has 0 aromatic heterocycles. The van der Waals surface area contributed by atoms with Crippen molar-refractivity contribution in [1.82, 2.24) is 4.90 Å². The number of carbonyl (C=O) groups excluding carboxylic acids is 2. The number of aliphatic carboxylic acids is 1. The second kappa shape index (κ2) is 13.0. The Morgan fingerprint density at radius 2 is 1.80 bits per heavy atom. The molecule has 186 valence electrons. The number of anilines is 1. The van der Waals surface area contributed by atoms with E-state index in [2.05, 4.69) is 9.80 Å². The topological polar surface area (TPSA) is 113 Å². The molecule has 8 nitrogen and oxygen atoms in total. The van der Waals surface area contributed by atoms with E-state index in [-0.39, 0.29) is 11.9 Å². The molecule has 9 heteroatoms. The van der Waals surface area contributed by atoms with Crippen LogP contribution in [0.25, 0.3) is 6.08 Å². The summed E-state index contributed by atoms with van der Waals surface area (Å²) in [6.45, 7) is 4.60. The van der Waals surface area contributed by atoms with E-state index < -0.39 is 5.97 Å². The van der Waals surface area contributed by atoms with Gasteiger partial charge in [-0.15, -0.1) is 11.8 Å². The number of primary amides is 1. The highest BCUT2D eigenvalue weighted by molar-refractivity contribution is 7.99. The zero-order valence-corrected chi connectivity index (χ0v) is 20.6. The van der Waals surface area contributed by atoms with E-state index in [1.807, 2.05) is 42.5 Å². The molecule has 0 radical (unpaired) electrons. The van der Waals surface area contributed by atoms with Gasteiger partial charge in [0.25, 0.3) is 0 Å². The van der Waals surface area contributed by atoms with Gasteiger partial charge in [-0.05, 0) is 48.9 Å². The molecule has 4 rings (SSSR count). The van der Waals surface area contributed by atoms with Crippen LogP contribution in [0.2, 0.25) is 0 Å². The van der Waals surface area contributed by atoms with Gasteiger partial charge in [0.05, 0.1) is 12.7 Å². The minimum atomic E-state index is -0.818. The summed E-state index contributed by atoms with van der Waals surface area (Å²) < 4.78 is 4.76. The minimum Gasteiger partial charge on any atom is -0.478 e. The van der Waals surface area contributed by atoms with Crippen molar-refractivity contribution >= 4 is 41.4 Å². The van der Waals surface area contributed by atoms with Gasteiger partial charge in [-0.2, -0.15) is 0 Å². The van der Waals surface area contributed by atoms with Gasteiger partial charge in [-0.25, -0.2) is 9.59 Å². The molecule has 1 saturated heterocycles. The van der Waals surface area contributed by atoms with Gasteiger partial charge in [-0.3, -0.25) is 9.69 Å². The van der Waals surface area contributed by atoms with Gasteiger partial charge in [0, 0.05) is 54.5 Å². The molecule has 0 spiro atoms. The van der Waals surface area contributed by atoms with E-state index in [1.54, 1.807) is 23.9 Å². The number of esters is 1. The number of carboxylic acid groups (broad SMARTS) is 1. The average Bonchev–Trinajstić information content (AvgIpc) is 2.88. The summed E-state index contributed by atoms with van der Waals surface area (Å²) in [5.74, 6) is -0.806. The lowest BCUT2D eigenvalue weighted by atomic mass is 10.1. The highest BCUT2D eigenvalue weighted by Crippen LogP contribution is 2.31. The van der Waals surface area contributed by atoms with E-state index in [0.29, 0.717) is 23.3 Å². The van der Waals surface area contributed by atoms with E-state index in [0.717, 1.165) is 55.3 Å². The lowest BCUT2D eigenvalue weighted by Crippen LogP contribution is -2.46. The summed E-state index contributed by atoms with van der Waals surface area (Å²) >= 11 is 1.58. The maximum Gasteiger partial charge on any atom is 0.337 e. The van der Waals surface area contributed by atoms with E-state index in [9.17, 15) is 14.4 Å². The smallest absolute Gasteiger partial charge is 0.337 e. The molecule has 1 amide bonds. The van der Waals surface area contributed by atoms with Crippen LogP contribution in [0.3, 0.4) is 0 Å². The number of hydrogen-bond acceptors (Lipinski definition) is 7. The Balaban J connectivity index is 0.000000223. The Bertz CT molecular complexity index is 1080. The van der Waals surface area contributed by atoms with Crippen LogP contribution in [0.15, 0.2) is 59.0 Å². The first-order valence-corrected chi connectivity index (χ1v) is 12.5. The van der Waals surface area contributed by atoms with E-state index >= 15 is 0 Å². The van der Waals surface area contributed by atoms with Gasteiger partial charge >= 0.3 is 11.9 Å². The molecule has 0 unspecified atom stereocenters. The monoisotopic (exact) mass is 497 g/mol. The number of hydrogen-bond donors (Lipinski definition) is 2. The van der Waals surface area contributed by atoms with E-state index in [4.69, 9.17) is 15.6 Å². The van der Waals surface area contributed by atoms with Crippen molar-refractivity contribution in [2.75, 3.05) is 50.5 Å². The predicted octanol–water partition coefficient (Wildman–Crippen LogP) is 3.12. The largest absolute Gasteiger partial charge is 0.478 e. The minimum absolute atomic E-state index is 0.238. The third kappa shape index (κ3) is 7.87. The number of ether oxygens (including phenoxy) is 1. The van der Waals surface area contributed by atoms with Crippen LogP contribution < -0.4 is 10.6 Å². The second-order valence-electron chi connectivity index (χ2n) is 8.24. The average molecular weight is 498 g/mol. The fourth-order valence-electron chi connectivity index (χ4n) is 3.89. The predicted molar refractivity (Wildman–Crippen MR) is 138 cm³/mol. The van der Waals surface area contributed by atoms with Crippen molar-refractivity contribution in [1.29, 1.82) is 0 Å². The molecule has 2 aliphatic heterocycles. The highest BCUT2D eigenvalue weighted by Gasteiger charge is 2.18. The zero-order valence-electron chi connectivity index (χ0n) is 19.8. The van der Waals surface area contributed by atoms with Crippen LogP contribution in [0.1, 0.15) is 28.8 Å². The molecule has 2 aromatic rings. The molecule has 2 aliphatic rings. The fourth-order valence-corrected chi connectivity index (χ4v) is 4.88. The SMILES string of the molecule is COC(=O)c1cccc(N2CCN(CCCC(N)=O)CC2)c1.O=C(O)C1=Cc2ccccc2SC1. The van der Waals surface area contributed by atoms with Gasteiger partial charge < -0.3 is 20.5 Å². The van der Waals surface area contributed by atoms with Crippen LogP contribution in [0, 0.1) is 0 Å². The maximum absolute atomic E-state index is 11.6.